The predicted octanol–water partition coefficient (Wildman–Crippen LogP) is 3.16. The highest BCUT2D eigenvalue weighted by Gasteiger charge is 2.47. The second kappa shape index (κ2) is 10.5. The van der Waals surface area contributed by atoms with Crippen molar-refractivity contribution < 1.29 is 9.53 Å². The Morgan fingerprint density at radius 3 is 2.81 bits per heavy atom. The molecule has 2 aliphatic carbocycles. The molecule has 0 unspecified atom stereocenters. The molecule has 4 heterocycles. The monoisotopic (exact) mass is 512 g/mol. The molecule has 2 saturated carbocycles. The third-order valence-electron chi connectivity index (χ3n) is 8.42. The molecule has 1 amide bonds. The van der Waals surface area contributed by atoms with Crippen LogP contribution in [0.15, 0.2) is 18.3 Å². The molecule has 0 aromatic carbocycles. The number of ether oxygens (including phenoxy) is 1. The fraction of sp³-hybridized carbons (Fsp3) is 0.720. The number of aromatic nitrogens is 4. The first-order valence-corrected chi connectivity index (χ1v) is 14.2. The molecule has 2 aliphatic heterocycles. The number of carbonyl (C=O) groups is 1. The lowest BCUT2D eigenvalue weighted by Crippen LogP contribution is -2.56. The van der Waals surface area contributed by atoms with E-state index in [4.69, 9.17) is 4.74 Å². The van der Waals surface area contributed by atoms with Gasteiger partial charge in [0.15, 0.2) is 5.82 Å². The quantitative estimate of drug-likeness (QED) is 0.578. The Labute approximate surface area is 216 Å². The SMILES string of the molecule is O=C(C[C@H]1CN(C2CC3(CCCCC3)C2)CCO1)Nc1nnc(N[C@@H]2CCN(c3cccnn3)C2)s1. The highest BCUT2D eigenvalue weighted by atomic mass is 32.1. The summed E-state index contributed by atoms with van der Waals surface area (Å²) in [6, 6.07) is 4.81. The van der Waals surface area contributed by atoms with E-state index >= 15 is 0 Å². The minimum atomic E-state index is -0.0587. The van der Waals surface area contributed by atoms with Gasteiger partial charge in [0.05, 0.1) is 19.1 Å². The molecule has 2 aromatic heterocycles. The highest BCUT2D eigenvalue weighted by molar-refractivity contribution is 7.19. The van der Waals surface area contributed by atoms with Gasteiger partial charge in [0.1, 0.15) is 0 Å². The maximum absolute atomic E-state index is 12.7. The lowest BCUT2D eigenvalue weighted by Gasteiger charge is -2.55. The number of hydrogen-bond acceptors (Lipinski definition) is 10. The summed E-state index contributed by atoms with van der Waals surface area (Å²) in [5.74, 6) is 0.831. The molecule has 0 radical (unpaired) electrons. The molecule has 36 heavy (non-hydrogen) atoms. The van der Waals surface area contributed by atoms with E-state index in [1.165, 1.54) is 56.3 Å². The Kier molecular flexibility index (Phi) is 7.03. The van der Waals surface area contributed by atoms with Crippen LogP contribution in [0.2, 0.25) is 0 Å². The summed E-state index contributed by atoms with van der Waals surface area (Å²) in [4.78, 5) is 17.5. The zero-order valence-corrected chi connectivity index (χ0v) is 21.6. The Hall–Kier alpha value is -2.37. The molecular weight excluding hydrogens is 476 g/mol. The van der Waals surface area contributed by atoms with Crippen molar-refractivity contribution >= 4 is 33.3 Å². The smallest absolute Gasteiger partial charge is 0.228 e. The van der Waals surface area contributed by atoms with Crippen LogP contribution in [-0.4, -0.2) is 82.2 Å². The summed E-state index contributed by atoms with van der Waals surface area (Å²) in [6.07, 6.45) is 12.7. The van der Waals surface area contributed by atoms with E-state index in [2.05, 4.69) is 40.8 Å². The summed E-state index contributed by atoms with van der Waals surface area (Å²) in [6.45, 7) is 4.29. The maximum atomic E-state index is 12.7. The van der Waals surface area contributed by atoms with Crippen molar-refractivity contribution in [2.45, 2.75) is 76.0 Å². The first kappa shape index (κ1) is 24.0. The van der Waals surface area contributed by atoms with Crippen molar-refractivity contribution in [1.82, 2.24) is 25.3 Å². The van der Waals surface area contributed by atoms with Gasteiger partial charge in [-0.3, -0.25) is 9.69 Å². The molecule has 2 atom stereocenters. The normalized spacial score (nSPS) is 26.6. The van der Waals surface area contributed by atoms with Crippen LogP contribution >= 0.6 is 11.3 Å². The summed E-state index contributed by atoms with van der Waals surface area (Å²) in [5.41, 5.74) is 0.629. The standard InChI is InChI=1S/C25H36N8O2S/c34-22(13-20-17-32(11-12-35-20)19-14-25(15-19)7-2-1-3-8-25)28-24-31-30-23(36-24)27-18-6-10-33(16-18)21-5-4-9-26-29-21/h4-5,9,18-20H,1-3,6-8,10-17H2,(H,27,30)(H,28,31,34)/t18-,20+/m1/s1. The maximum Gasteiger partial charge on any atom is 0.228 e. The summed E-state index contributed by atoms with van der Waals surface area (Å²) in [5, 5.41) is 24.2. The predicted molar refractivity (Wildman–Crippen MR) is 139 cm³/mol. The molecule has 10 nitrogen and oxygen atoms in total. The molecule has 2 saturated heterocycles. The topological polar surface area (TPSA) is 108 Å². The van der Waals surface area contributed by atoms with E-state index in [1.54, 1.807) is 6.20 Å². The summed E-state index contributed by atoms with van der Waals surface area (Å²) >= 11 is 1.37. The van der Waals surface area contributed by atoms with Crippen molar-refractivity contribution in [3.63, 3.8) is 0 Å². The molecule has 6 rings (SSSR count). The minimum Gasteiger partial charge on any atom is -0.375 e. The number of amides is 1. The van der Waals surface area contributed by atoms with Gasteiger partial charge in [-0.15, -0.1) is 15.3 Å². The van der Waals surface area contributed by atoms with Gasteiger partial charge >= 0.3 is 0 Å². The highest BCUT2D eigenvalue weighted by Crippen LogP contribution is 2.53. The van der Waals surface area contributed by atoms with Gasteiger partial charge in [0.25, 0.3) is 0 Å². The van der Waals surface area contributed by atoms with E-state index in [0.29, 0.717) is 29.6 Å². The number of anilines is 3. The van der Waals surface area contributed by atoms with Gasteiger partial charge in [-0.1, -0.05) is 30.6 Å². The number of rotatable bonds is 7. The molecule has 194 valence electrons. The zero-order chi connectivity index (χ0) is 24.4. The third-order valence-corrected chi connectivity index (χ3v) is 9.19. The molecule has 4 fully saturated rings. The Morgan fingerprint density at radius 1 is 1.11 bits per heavy atom. The molecule has 4 aliphatic rings. The molecule has 0 bridgehead atoms. The Morgan fingerprint density at radius 2 is 1.97 bits per heavy atom. The average Bonchev–Trinajstić information content (AvgIpc) is 3.53. The zero-order valence-electron chi connectivity index (χ0n) is 20.8. The minimum absolute atomic E-state index is 0.0577. The van der Waals surface area contributed by atoms with Crippen LogP contribution < -0.4 is 15.5 Å². The van der Waals surface area contributed by atoms with Crippen molar-refractivity contribution in [3.05, 3.63) is 18.3 Å². The molecule has 2 aromatic rings. The number of morpholine rings is 1. The lowest BCUT2D eigenvalue weighted by atomic mass is 9.58. The van der Waals surface area contributed by atoms with Crippen LogP contribution in [0.4, 0.5) is 16.1 Å². The molecule has 2 N–H and O–H groups in total. The van der Waals surface area contributed by atoms with E-state index in [-0.39, 0.29) is 18.1 Å². The van der Waals surface area contributed by atoms with Crippen molar-refractivity contribution in [2.75, 3.05) is 48.3 Å². The molecule has 1 spiro atoms. The van der Waals surface area contributed by atoms with Crippen LogP contribution in [0.1, 0.15) is 57.8 Å². The van der Waals surface area contributed by atoms with E-state index in [9.17, 15) is 4.79 Å². The van der Waals surface area contributed by atoms with Gasteiger partial charge < -0.3 is 20.3 Å². The van der Waals surface area contributed by atoms with E-state index in [0.717, 1.165) is 43.5 Å². The van der Waals surface area contributed by atoms with Gasteiger partial charge in [-0.05, 0) is 49.7 Å². The van der Waals surface area contributed by atoms with Crippen LogP contribution in [0.3, 0.4) is 0 Å². The molecular formula is C25H36N8O2S. The first-order chi connectivity index (χ1) is 17.6. The molecule has 11 heteroatoms. The second-order valence-corrected chi connectivity index (χ2v) is 11.9. The number of nitrogens with one attached hydrogen (secondary N) is 2. The van der Waals surface area contributed by atoms with E-state index < -0.39 is 0 Å². The van der Waals surface area contributed by atoms with Crippen molar-refractivity contribution in [1.29, 1.82) is 0 Å². The number of carbonyl (C=O) groups excluding carboxylic acids is 1. The van der Waals surface area contributed by atoms with Gasteiger partial charge in [0, 0.05) is 44.5 Å². The average molecular weight is 513 g/mol. The Bertz CT molecular complexity index is 1020. The second-order valence-electron chi connectivity index (χ2n) is 10.9. The van der Waals surface area contributed by atoms with Crippen LogP contribution in [-0.2, 0) is 9.53 Å². The van der Waals surface area contributed by atoms with Crippen LogP contribution in [0.5, 0.6) is 0 Å². The van der Waals surface area contributed by atoms with Gasteiger partial charge in [0.2, 0.25) is 16.2 Å². The fourth-order valence-corrected chi connectivity index (χ4v) is 7.27. The van der Waals surface area contributed by atoms with Crippen molar-refractivity contribution in [2.24, 2.45) is 5.41 Å². The summed E-state index contributed by atoms with van der Waals surface area (Å²) < 4.78 is 5.95. The summed E-state index contributed by atoms with van der Waals surface area (Å²) in [7, 11) is 0. The number of hydrogen-bond donors (Lipinski definition) is 2. The van der Waals surface area contributed by atoms with Crippen LogP contribution in [0, 0.1) is 5.41 Å². The first-order valence-electron chi connectivity index (χ1n) is 13.4. The Balaban J connectivity index is 0.943. The third kappa shape index (κ3) is 5.47. The van der Waals surface area contributed by atoms with Crippen LogP contribution in [0.25, 0.3) is 0 Å². The largest absolute Gasteiger partial charge is 0.375 e. The van der Waals surface area contributed by atoms with E-state index in [1.807, 2.05) is 12.1 Å². The van der Waals surface area contributed by atoms with Gasteiger partial charge in [-0.25, -0.2) is 0 Å². The lowest BCUT2D eigenvalue weighted by molar-refractivity contribution is -0.125. The number of nitrogens with zero attached hydrogens (tertiary/aromatic N) is 6. The fourth-order valence-electron chi connectivity index (χ4n) is 6.54. The van der Waals surface area contributed by atoms with Gasteiger partial charge in [-0.2, -0.15) is 5.10 Å². The van der Waals surface area contributed by atoms with Crippen molar-refractivity contribution in [3.8, 4) is 0 Å².